The number of carbonyl (C=O) groups is 1. The number of aromatic nitrogens is 2. The Hall–Kier alpha value is -1.76. The predicted octanol–water partition coefficient (Wildman–Crippen LogP) is 4.70. The standard InChI is InChI=1S/C20H26BrN3O3/c1-19(2,3)27-18(26)23-11-20(12-23)7-4-13(5-8-20)14-10-22-24-9-6-15(25)16(21)17(14)24/h6,9-10,13,25H,4-5,7-8,11-12H2,1-3H3. The molecule has 146 valence electrons. The van der Waals surface area contributed by atoms with Crippen molar-refractivity contribution in [2.24, 2.45) is 5.41 Å². The Labute approximate surface area is 167 Å². The Morgan fingerprint density at radius 3 is 2.63 bits per heavy atom. The minimum Gasteiger partial charge on any atom is -0.507 e. The van der Waals surface area contributed by atoms with Gasteiger partial charge in [0.1, 0.15) is 11.4 Å². The van der Waals surface area contributed by atoms with Crippen LogP contribution in [-0.2, 0) is 4.74 Å². The van der Waals surface area contributed by atoms with E-state index in [4.69, 9.17) is 4.74 Å². The molecule has 1 N–H and O–H groups in total. The van der Waals surface area contributed by atoms with Crippen molar-refractivity contribution in [2.75, 3.05) is 13.1 Å². The minimum atomic E-state index is -0.444. The molecule has 0 aromatic carbocycles. The van der Waals surface area contributed by atoms with E-state index >= 15 is 0 Å². The van der Waals surface area contributed by atoms with E-state index in [1.807, 2.05) is 36.4 Å². The summed E-state index contributed by atoms with van der Waals surface area (Å²) in [6.45, 7) is 7.30. The maximum atomic E-state index is 12.2. The summed E-state index contributed by atoms with van der Waals surface area (Å²) in [6.07, 6.45) is 7.87. The van der Waals surface area contributed by atoms with Crippen molar-refractivity contribution in [2.45, 2.75) is 58.0 Å². The summed E-state index contributed by atoms with van der Waals surface area (Å²) in [7, 11) is 0. The van der Waals surface area contributed by atoms with Crippen molar-refractivity contribution >= 4 is 27.5 Å². The normalized spacial score (nSPS) is 20.1. The number of carbonyl (C=O) groups excluding carboxylic acids is 1. The van der Waals surface area contributed by atoms with Gasteiger partial charge in [-0.2, -0.15) is 5.10 Å². The van der Waals surface area contributed by atoms with Crippen LogP contribution in [0.3, 0.4) is 0 Å². The van der Waals surface area contributed by atoms with E-state index in [-0.39, 0.29) is 17.3 Å². The predicted molar refractivity (Wildman–Crippen MR) is 106 cm³/mol. The van der Waals surface area contributed by atoms with Crippen molar-refractivity contribution in [3.8, 4) is 5.75 Å². The molecule has 0 bridgehead atoms. The highest BCUT2D eigenvalue weighted by Gasteiger charge is 2.48. The van der Waals surface area contributed by atoms with Crippen molar-refractivity contribution in [3.05, 3.63) is 28.5 Å². The molecule has 1 spiro atoms. The zero-order valence-electron chi connectivity index (χ0n) is 16.0. The SMILES string of the molecule is CC(C)(C)OC(=O)N1CC2(CCC(c3cnn4ccc(O)c(Br)c34)CC2)C1. The molecule has 2 fully saturated rings. The van der Waals surface area contributed by atoms with Crippen LogP contribution in [0, 0.1) is 5.41 Å². The van der Waals surface area contributed by atoms with E-state index in [2.05, 4.69) is 21.0 Å². The third-order valence-electron chi connectivity index (χ3n) is 5.82. The van der Waals surface area contributed by atoms with Gasteiger partial charge in [0.15, 0.2) is 0 Å². The lowest BCUT2D eigenvalue weighted by molar-refractivity contribution is -0.0505. The molecule has 1 amide bonds. The number of amides is 1. The number of nitrogens with zero attached hydrogens (tertiary/aromatic N) is 3. The van der Waals surface area contributed by atoms with E-state index in [1.165, 1.54) is 5.56 Å². The van der Waals surface area contributed by atoms with E-state index in [0.717, 1.165) is 44.3 Å². The summed E-state index contributed by atoms with van der Waals surface area (Å²) >= 11 is 3.50. The number of likely N-dealkylation sites (tertiary alicyclic amines) is 1. The molecule has 27 heavy (non-hydrogen) atoms. The smallest absolute Gasteiger partial charge is 0.410 e. The Morgan fingerprint density at radius 2 is 2.00 bits per heavy atom. The van der Waals surface area contributed by atoms with Gasteiger partial charge in [-0.3, -0.25) is 0 Å². The van der Waals surface area contributed by atoms with Crippen molar-refractivity contribution in [1.29, 1.82) is 0 Å². The van der Waals surface area contributed by atoms with Gasteiger partial charge >= 0.3 is 6.09 Å². The Bertz CT molecular complexity index is 870. The van der Waals surface area contributed by atoms with E-state index in [0.29, 0.717) is 10.4 Å². The highest BCUT2D eigenvalue weighted by molar-refractivity contribution is 9.10. The molecule has 2 aliphatic rings. The highest BCUT2D eigenvalue weighted by atomic mass is 79.9. The summed E-state index contributed by atoms with van der Waals surface area (Å²) in [4.78, 5) is 14.0. The van der Waals surface area contributed by atoms with Crippen LogP contribution < -0.4 is 0 Å². The highest BCUT2D eigenvalue weighted by Crippen LogP contribution is 2.49. The van der Waals surface area contributed by atoms with Gasteiger partial charge in [-0.1, -0.05) is 0 Å². The number of fused-ring (bicyclic) bond motifs is 1. The largest absolute Gasteiger partial charge is 0.507 e. The Balaban J connectivity index is 1.41. The molecule has 1 saturated carbocycles. The van der Waals surface area contributed by atoms with E-state index in [9.17, 15) is 9.90 Å². The number of aromatic hydroxyl groups is 1. The van der Waals surface area contributed by atoms with Crippen molar-refractivity contribution in [1.82, 2.24) is 14.5 Å². The number of hydrogen-bond acceptors (Lipinski definition) is 4. The summed E-state index contributed by atoms with van der Waals surface area (Å²) in [5, 5.41) is 14.5. The molecule has 3 heterocycles. The molecule has 1 aliphatic carbocycles. The summed E-state index contributed by atoms with van der Waals surface area (Å²) in [5.41, 5.74) is 1.95. The molecular weight excluding hydrogens is 410 g/mol. The second-order valence-electron chi connectivity index (χ2n) is 9.02. The molecule has 1 saturated heterocycles. The molecule has 2 aromatic heterocycles. The molecule has 0 radical (unpaired) electrons. The second-order valence-corrected chi connectivity index (χ2v) is 9.81. The summed E-state index contributed by atoms with van der Waals surface area (Å²) in [6, 6.07) is 1.64. The van der Waals surface area contributed by atoms with Crippen LogP contribution in [0.1, 0.15) is 57.9 Å². The number of halogens is 1. The first-order valence-electron chi connectivity index (χ1n) is 9.50. The zero-order chi connectivity index (χ0) is 19.4. The lowest BCUT2D eigenvalue weighted by atomic mass is 9.65. The van der Waals surface area contributed by atoms with Crippen molar-refractivity contribution in [3.63, 3.8) is 0 Å². The lowest BCUT2D eigenvalue weighted by Gasteiger charge is -2.53. The van der Waals surface area contributed by atoms with Crippen LogP contribution in [0.5, 0.6) is 5.75 Å². The molecule has 0 unspecified atom stereocenters. The van der Waals surface area contributed by atoms with Gasteiger partial charge in [-0.05, 0) is 74.4 Å². The molecule has 2 aromatic rings. The first-order valence-corrected chi connectivity index (χ1v) is 10.3. The average molecular weight is 436 g/mol. The van der Waals surface area contributed by atoms with Crippen LogP contribution in [0.4, 0.5) is 4.79 Å². The molecule has 0 atom stereocenters. The fraction of sp³-hybridized carbons (Fsp3) is 0.600. The third-order valence-corrected chi connectivity index (χ3v) is 6.60. The number of rotatable bonds is 1. The third kappa shape index (κ3) is 3.42. The topological polar surface area (TPSA) is 67.1 Å². The van der Waals surface area contributed by atoms with Gasteiger partial charge in [0.2, 0.25) is 0 Å². The fourth-order valence-electron chi connectivity index (χ4n) is 4.43. The second kappa shape index (κ2) is 6.40. The minimum absolute atomic E-state index is 0.197. The van der Waals surface area contributed by atoms with Crippen LogP contribution in [-0.4, -0.2) is 44.4 Å². The Morgan fingerprint density at radius 1 is 1.33 bits per heavy atom. The lowest BCUT2D eigenvalue weighted by Crippen LogP contribution is -2.60. The maximum absolute atomic E-state index is 12.2. The van der Waals surface area contributed by atoms with E-state index in [1.54, 1.807) is 12.3 Å². The van der Waals surface area contributed by atoms with Crippen LogP contribution in [0.2, 0.25) is 0 Å². The summed E-state index contributed by atoms with van der Waals surface area (Å²) < 4.78 is 8.00. The van der Waals surface area contributed by atoms with Crippen LogP contribution in [0.25, 0.3) is 5.52 Å². The summed E-state index contributed by atoms with van der Waals surface area (Å²) in [5.74, 6) is 0.672. The van der Waals surface area contributed by atoms with Gasteiger partial charge < -0.3 is 14.7 Å². The van der Waals surface area contributed by atoms with Gasteiger partial charge in [0.25, 0.3) is 0 Å². The van der Waals surface area contributed by atoms with Gasteiger partial charge in [-0.25, -0.2) is 9.31 Å². The average Bonchev–Trinajstić information content (AvgIpc) is 2.99. The molecule has 4 rings (SSSR count). The first kappa shape index (κ1) is 18.6. The fourth-order valence-corrected chi connectivity index (χ4v) is 4.97. The monoisotopic (exact) mass is 435 g/mol. The Kier molecular flexibility index (Phi) is 4.41. The first-order chi connectivity index (χ1) is 12.7. The van der Waals surface area contributed by atoms with Gasteiger partial charge in [0, 0.05) is 30.3 Å². The zero-order valence-corrected chi connectivity index (χ0v) is 17.6. The maximum Gasteiger partial charge on any atom is 0.410 e. The van der Waals surface area contributed by atoms with Gasteiger partial charge in [-0.15, -0.1) is 0 Å². The molecule has 7 heteroatoms. The molecule has 6 nitrogen and oxygen atoms in total. The van der Waals surface area contributed by atoms with Crippen molar-refractivity contribution < 1.29 is 14.6 Å². The molecular formula is C20H26BrN3O3. The number of ether oxygens (including phenoxy) is 1. The number of hydrogen-bond donors (Lipinski definition) is 1. The van der Waals surface area contributed by atoms with E-state index < -0.39 is 5.60 Å². The van der Waals surface area contributed by atoms with Crippen LogP contribution in [0.15, 0.2) is 22.9 Å². The van der Waals surface area contributed by atoms with Gasteiger partial charge in [0.05, 0.1) is 16.2 Å². The van der Waals surface area contributed by atoms with Crippen LogP contribution >= 0.6 is 15.9 Å². The quantitative estimate of drug-likeness (QED) is 0.704. The molecule has 1 aliphatic heterocycles. The number of pyridine rings is 1.